The van der Waals surface area contributed by atoms with Crippen LogP contribution >= 0.6 is 0 Å². The standard InChI is InChI=1S/C12H15N3O2S/c1-9-14-11-3-2-6-13-12(11)15(9)10-4-7-18(16,17)8-5-10/h2-3,6,10H,4-5,7-8H2,1H3. The third kappa shape index (κ3) is 1.90. The zero-order valence-electron chi connectivity index (χ0n) is 10.2. The van der Waals surface area contributed by atoms with Crippen LogP contribution in [0.2, 0.25) is 0 Å². The molecule has 18 heavy (non-hydrogen) atoms. The predicted octanol–water partition coefficient (Wildman–Crippen LogP) is 1.49. The van der Waals surface area contributed by atoms with Crippen LogP contribution in [0.25, 0.3) is 11.2 Å². The summed E-state index contributed by atoms with van der Waals surface area (Å²) in [6, 6.07) is 4.00. The van der Waals surface area contributed by atoms with Crippen molar-refractivity contribution in [2.45, 2.75) is 25.8 Å². The highest BCUT2D eigenvalue weighted by Gasteiger charge is 2.27. The van der Waals surface area contributed by atoms with E-state index in [1.807, 2.05) is 19.1 Å². The second-order valence-corrected chi connectivity index (χ2v) is 7.06. The van der Waals surface area contributed by atoms with E-state index in [2.05, 4.69) is 14.5 Å². The minimum Gasteiger partial charge on any atom is -0.310 e. The van der Waals surface area contributed by atoms with E-state index in [9.17, 15) is 8.42 Å². The monoisotopic (exact) mass is 265 g/mol. The van der Waals surface area contributed by atoms with E-state index >= 15 is 0 Å². The number of sulfone groups is 1. The maximum Gasteiger partial charge on any atom is 0.160 e. The molecule has 0 saturated carbocycles. The van der Waals surface area contributed by atoms with Crippen LogP contribution in [0.4, 0.5) is 0 Å². The van der Waals surface area contributed by atoms with Gasteiger partial charge in [0.05, 0.1) is 11.5 Å². The Kier molecular flexibility index (Phi) is 2.62. The van der Waals surface area contributed by atoms with E-state index in [1.54, 1.807) is 6.20 Å². The van der Waals surface area contributed by atoms with Crippen LogP contribution in [0.1, 0.15) is 24.7 Å². The molecule has 1 aliphatic heterocycles. The molecule has 0 amide bonds. The SMILES string of the molecule is Cc1nc2cccnc2n1C1CCS(=O)(=O)CC1. The molecule has 1 aliphatic rings. The van der Waals surface area contributed by atoms with Gasteiger partial charge in [-0.3, -0.25) is 0 Å². The number of aromatic nitrogens is 3. The molecule has 0 aliphatic carbocycles. The van der Waals surface area contributed by atoms with Gasteiger partial charge in [-0.15, -0.1) is 0 Å². The number of rotatable bonds is 1. The lowest BCUT2D eigenvalue weighted by Crippen LogP contribution is -2.26. The van der Waals surface area contributed by atoms with Gasteiger partial charge in [0.25, 0.3) is 0 Å². The van der Waals surface area contributed by atoms with E-state index in [1.165, 1.54) is 0 Å². The van der Waals surface area contributed by atoms with E-state index in [0.717, 1.165) is 17.0 Å². The fraction of sp³-hybridized carbons (Fsp3) is 0.500. The molecule has 0 radical (unpaired) electrons. The Balaban J connectivity index is 2.02. The summed E-state index contributed by atoms with van der Waals surface area (Å²) in [4.78, 5) is 8.84. The summed E-state index contributed by atoms with van der Waals surface area (Å²) in [6.07, 6.45) is 3.07. The minimum atomic E-state index is -2.83. The Bertz CT molecular complexity index is 676. The molecule has 1 fully saturated rings. The lowest BCUT2D eigenvalue weighted by Gasteiger charge is -2.24. The molecular weight excluding hydrogens is 250 g/mol. The van der Waals surface area contributed by atoms with Crippen LogP contribution in [0.15, 0.2) is 18.3 Å². The normalized spacial score (nSPS) is 20.3. The van der Waals surface area contributed by atoms with Gasteiger partial charge in [0, 0.05) is 12.2 Å². The van der Waals surface area contributed by atoms with Gasteiger partial charge in [-0.05, 0) is 31.9 Å². The molecule has 2 aromatic heterocycles. The zero-order chi connectivity index (χ0) is 12.8. The topological polar surface area (TPSA) is 64.8 Å². The first-order chi connectivity index (χ1) is 8.57. The van der Waals surface area contributed by atoms with Crippen molar-refractivity contribution in [2.24, 2.45) is 0 Å². The highest BCUT2D eigenvalue weighted by atomic mass is 32.2. The number of pyridine rings is 1. The Labute approximate surface area is 106 Å². The molecule has 3 rings (SSSR count). The quantitative estimate of drug-likeness (QED) is 0.783. The average molecular weight is 265 g/mol. The van der Waals surface area contributed by atoms with Crippen LogP contribution in [0.5, 0.6) is 0 Å². The number of fused-ring (bicyclic) bond motifs is 1. The fourth-order valence-corrected chi connectivity index (χ4v) is 4.08. The van der Waals surface area contributed by atoms with E-state index < -0.39 is 9.84 Å². The molecule has 96 valence electrons. The molecule has 6 heteroatoms. The minimum absolute atomic E-state index is 0.202. The van der Waals surface area contributed by atoms with Crippen molar-refractivity contribution in [3.63, 3.8) is 0 Å². The molecule has 0 N–H and O–H groups in total. The van der Waals surface area contributed by atoms with Crippen molar-refractivity contribution in [3.8, 4) is 0 Å². The summed E-state index contributed by atoms with van der Waals surface area (Å²) in [5, 5.41) is 0. The number of nitrogens with zero attached hydrogens (tertiary/aromatic N) is 3. The molecule has 3 heterocycles. The molecule has 5 nitrogen and oxygen atoms in total. The summed E-state index contributed by atoms with van der Waals surface area (Å²) < 4.78 is 25.0. The van der Waals surface area contributed by atoms with E-state index in [0.29, 0.717) is 12.8 Å². The first-order valence-electron chi connectivity index (χ1n) is 6.07. The highest BCUT2D eigenvalue weighted by molar-refractivity contribution is 7.91. The maximum atomic E-state index is 11.5. The molecule has 1 saturated heterocycles. The van der Waals surface area contributed by atoms with Gasteiger partial charge in [0.1, 0.15) is 21.2 Å². The maximum absolute atomic E-state index is 11.5. The van der Waals surface area contributed by atoms with Crippen LogP contribution in [0, 0.1) is 6.92 Å². The molecule has 0 spiro atoms. The van der Waals surface area contributed by atoms with Gasteiger partial charge in [0.2, 0.25) is 0 Å². The molecule has 0 aromatic carbocycles. The lowest BCUT2D eigenvalue weighted by molar-refractivity contribution is 0.449. The summed E-state index contributed by atoms with van der Waals surface area (Å²) in [7, 11) is -2.83. The van der Waals surface area contributed by atoms with Crippen LogP contribution < -0.4 is 0 Å². The summed E-state index contributed by atoms with van der Waals surface area (Å²) in [6.45, 7) is 1.95. The second-order valence-electron chi connectivity index (χ2n) is 4.76. The molecule has 2 aromatic rings. The van der Waals surface area contributed by atoms with Crippen molar-refractivity contribution in [2.75, 3.05) is 11.5 Å². The van der Waals surface area contributed by atoms with E-state index in [-0.39, 0.29) is 17.5 Å². The van der Waals surface area contributed by atoms with Crippen LogP contribution in [-0.2, 0) is 9.84 Å². The van der Waals surface area contributed by atoms with Crippen LogP contribution in [0.3, 0.4) is 0 Å². The number of aryl methyl sites for hydroxylation is 1. The van der Waals surface area contributed by atoms with Gasteiger partial charge in [-0.25, -0.2) is 18.4 Å². The zero-order valence-corrected chi connectivity index (χ0v) is 11.0. The first kappa shape index (κ1) is 11.6. The van der Waals surface area contributed by atoms with E-state index in [4.69, 9.17) is 0 Å². The third-order valence-electron chi connectivity index (χ3n) is 3.51. The largest absolute Gasteiger partial charge is 0.310 e. The second kappa shape index (κ2) is 4.05. The summed E-state index contributed by atoms with van der Waals surface area (Å²) in [5.41, 5.74) is 1.74. The van der Waals surface area contributed by atoms with Gasteiger partial charge in [-0.2, -0.15) is 0 Å². The summed E-state index contributed by atoms with van der Waals surface area (Å²) in [5.74, 6) is 1.45. The van der Waals surface area contributed by atoms with Crippen molar-refractivity contribution in [1.82, 2.24) is 14.5 Å². The molecule has 0 unspecified atom stereocenters. The smallest absolute Gasteiger partial charge is 0.160 e. The van der Waals surface area contributed by atoms with Crippen molar-refractivity contribution in [1.29, 1.82) is 0 Å². The predicted molar refractivity (Wildman–Crippen MR) is 69.2 cm³/mol. The highest BCUT2D eigenvalue weighted by Crippen LogP contribution is 2.28. The Morgan fingerprint density at radius 2 is 2.06 bits per heavy atom. The average Bonchev–Trinajstić information content (AvgIpc) is 2.66. The Hall–Kier alpha value is -1.43. The van der Waals surface area contributed by atoms with Crippen molar-refractivity contribution < 1.29 is 8.42 Å². The number of hydrogen-bond acceptors (Lipinski definition) is 4. The van der Waals surface area contributed by atoms with Gasteiger partial charge in [0.15, 0.2) is 5.65 Å². The molecular formula is C12H15N3O2S. The number of hydrogen-bond donors (Lipinski definition) is 0. The van der Waals surface area contributed by atoms with Gasteiger partial charge in [-0.1, -0.05) is 0 Å². The lowest BCUT2D eigenvalue weighted by atomic mass is 10.1. The summed E-state index contributed by atoms with van der Waals surface area (Å²) >= 11 is 0. The molecule has 0 bridgehead atoms. The van der Waals surface area contributed by atoms with Crippen molar-refractivity contribution in [3.05, 3.63) is 24.2 Å². The fourth-order valence-electron chi connectivity index (χ4n) is 2.62. The first-order valence-corrected chi connectivity index (χ1v) is 7.89. The van der Waals surface area contributed by atoms with Crippen LogP contribution in [-0.4, -0.2) is 34.5 Å². The van der Waals surface area contributed by atoms with Crippen molar-refractivity contribution >= 4 is 21.0 Å². The Morgan fingerprint density at radius 1 is 1.33 bits per heavy atom. The third-order valence-corrected chi connectivity index (χ3v) is 5.23. The number of imidazole rings is 1. The van der Waals surface area contributed by atoms with Gasteiger partial charge < -0.3 is 4.57 Å². The van der Waals surface area contributed by atoms with Gasteiger partial charge >= 0.3 is 0 Å². The Morgan fingerprint density at radius 3 is 2.78 bits per heavy atom. The molecule has 0 atom stereocenters.